The van der Waals surface area contributed by atoms with Gasteiger partial charge in [0, 0.05) is 6.54 Å². The molecule has 0 aliphatic heterocycles. The molecule has 0 radical (unpaired) electrons. The molecule has 0 aliphatic carbocycles. The molecule has 0 aromatic carbocycles. The van der Waals surface area contributed by atoms with Crippen molar-refractivity contribution in [1.29, 1.82) is 0 Å². The molecule has 0 rings (SSSR count). The highest BCUT2D eigenvalue weighted by atomic mass is 19.3. The van der Waals surface area contributed by atoms with Gasteiger partial charge in [-0.3, -0.25) is 4.79 Å². The van der Waals surface area contributed by atoms with Crippen LogP contribution in [-0.2, 0) is 4.79 Å². The van der Waals surface area contributed by atoms with Crippen LogP contribution in [0.15, 0.2) is 0 Å². The van der Waals surface area contributed by atoms with E-state index in [1.54, 1.807) is 24.3 Å². The van der Waals surface area contributed by atoms with Crippen LogP contribution in [0.2, 0.25) is 0 Å². The molecule has 0 heterocycles. The third kappa shape index (κ3) is 4.96. The maximum absolute atomic E-state index is 12.4. The lowest BCUT2D eigenvalue weighted by molar-refractivity contribution is -0.169. The van der Waals surface area contributed by atoms with Crippen molar-refractivity contribution in [3.8, 4) is 0 Å². The first-order valence-corrected chi connectivity index (χ1v) is 4.37. The van der Waals surface area contributed by atoms with Gasteiger partial charge in [-0.2, -0.15) is 8.78 Å². The number of carbonyl (C=O) groups is 1. The molecule has 90 valence electrons. The van der Waals surface area contributed by atoms with E-state index in [4.69, 9.17) is 0 Å². The zero-order valence-electron chi connectivity index (χ0n) is 8.57. The van der Waals surface area contributed by atoms with Gasteiger partial charge in [-0.1, -0.05) is 0 Å². The van der Waals surface area contributed by atoms with Crippen molar-refractivity contribution in [1.82, 2.24) is 10.2 Å². The van der Waals surface area contributed by atoms with Gasteiger partial charge in [0.05, 0.1) is 0 Å². The molecule has 0 aliphatic rings. The number of hydrogen-bond donors (Lipinski definition) is 1. The zero-order chi connectivity index (χ0) is 12.1. The lowest BCUT2D eigenvalue weighted by Crippen LogP contribution is -2.45. The van der Waals surface area contributed by atoms with Gasteiger partial charge < -0.3 is 10.2 Å². The molecule has 0 aromatic heterocycles. The van der Waals surface area contributed by atoms with Crippen molar-refractivity contribution in [3.05, 3.63) is 0 Å². The molecule has 0 saturated carbocycles. The Kier molecular flexibility index (Phi) is 5.56. The van der Waals surface area contributed by atoms with Crippen LogP contribution in [-0.4, -0.2) is 50.3 Å². The van der Waals surface area contributed by atoms with Crippen LogP contribution < -0.4 is 5.32 Å². The third-order valence-electron chi connectivity index (χ3n) is 1.64. The lowest BCUT2D eigenvalue weighted by Gasteiger charge is -2.15. The Morgan fingerprint density at radius 3 is 2.33 bits per heavy atom. The smallest absolute Gasteiger partial charge is 0.351 e. The number of amides is 1. The summed E-state index contributed by atoms with van der Waals surface area (Å²) in [5.41, 5.74) is 0. The summed E-state index contributed by atoms with van der Waals surface area (Å²) in [6.07, 6.45) is -3.54. The maximum atomic E-state index is 12.4. The van der Waals surface area contributed by atoms with E-state index in [9.17, 15) is 22.4 Å². The van der Waals surface area contributed by atoms with Crippen LogP contribution >= 0.6 is 0 Å². The minimum atomic E-state index is -4.60. The Morgan fingerprint density at radius 2 is 1.93 bits per heavy atom. The van der Waals surface area contributed by atoms with Crippen LogP contribution in [0.1, 0.15) is 6.42 Å². The number of rotatable bonds is 6. The third-order valence-corrected chi connectivity index (χ3v) is 1.64. The Labute approximate surface area is 85.4 Å². The van der Waals surface area contributed by atoms with Gasteiger partial charge >= 0.3 is 12.3 Å². The molecule has 1 N–H and O–H groups in total. The molecule has 3 nitrogen and oxygen atoms in total. The van der Waals surface area contributed by atoms with E-state index >= 15 is 0 Å². The van der Waals surface area contributed by atoms with Crippen molar-refractivity contribution in [2.45, 2.75) is 18.8 Å². The van der Waals surface area contributed by atoms with E-state index in [0.29, 0.717) is 13.0 Å². The standard InChI is InChI=1S/C8H14F4N2O/c1-14(2)5-3-4-13-7(15)8(11,12)6(9)10/h6H,3-5H2,1-2H3,(H,13,15). The second-order valence-electron chi connectivity index (χ2n) is 3.34. The molecule has 15 heavy (non-hydrogen) atoms. The number of halogens is 4. The summed E-state index contributed by atoms with van der Waals surface area (Å²) < 4.78 is 48.1. The first-order chi connectivity index (χ1) is 6.78. The fourth-order valence-corrected chi connectivity index (χ4v) is 0.814. The summed E-state index contributed by atoms with van der Waals surface area (Å²) in [7, 11) is 3.55. The molecular weight excluding hydrogens is 216 g/mol. The first kappa shape index (κ1) is 14.2. The minimum absolute atomic E-state index is 0.0423. The summed E-state index contributed by atoms with van der Waals surface area (Å²) in [5.74, 6) is -6.52. The van der Waals surface area contributed by atoms with Gasteiger partial charge in [0.1, 0.15) is 0 Å². The maximum Gasteiger partial charge on any atom is 0.383 e. The largest absolute Gasteiger partial charge is 0.383 e. The van der Waals surface area contributed by atoms with Gasteiger partial charge in [0.15, 0.2) is 0 Å². The van der Waals surface area contributed by atoms with E-state index < -0.39 is 18.3 Å². The second kappa shape index (κ2) is 5.89. The van der Waals surface area contributed by atoms with E-state index in [-0.39, 0.29) is 6.54 Å². The number of hydrogen-bond acceptors (Lipinski definition) is 2. The molecule has 0 spiro atoms. The average molecular weight is 230 g/mol. The zero-order valence-corrected chi connectivity index (χ0v) is 8.57. The molecule has 1 amide bonds. The Bertz CT molecular complexity index is 209. The van der Waals surface area contributed by atoms with Crippen LogP contribution in [0.5, 0.6) is 0 Å². The van der Waals surface area contributed by atoms with E-state index in [1.165, 1.54) is 0 Å². The normalized spacial score (nSPS) is 12.3. The number of nitrogens with zero attached hydrogens (tertiary/aromatic N) is 1. The predicted octanol–water partition coefficient (Wildman–Crippen LogP) is 0.955. The highest BCUT2D eigenvalue weighted by Gasteiger charge is 2.48. The summed E-state index contributed by atoms with van der Waals surface area (Å²) in [4.78, 5) is 12.4. The summed E-state index contributed by atoms with van der Waals surface area (Å²) >= 11 is 0. The minimum Gasteiger partial charge on any atom is -0.351 e. The van der Waals surface area contributed by atoms with Crippen LogP contribution in [0.4, 0.5) is 17.6 Å². The molecular formula is C8H14F4N2O. The van der Waals surface area contributed by atoms with Crippen molar-refractivity contribution < 1.29 is 22.4 Å². The van der Waals surface area contributed by atoms with E-state index in [2.05, 4.69) is 0 Å². The number of carbonyl (C=O) groups excluding carboxylic acids is 1. The van der Waals surface area contributed by atoms with Crippen molar-refractivity contribution in [3.63, 3.8) is 0 Å². The summed E-state index contributed by atoms with van der Waals surface area (Å²) in [6, 6.07) is 0. The van der Waals surface area contributed by atoms with E-state index in [1.807, 2.05) is 0 Å². The molecule has 0 saturated heterocycles. The fraction of sp³-hybridized carbons (Fsp3) is 0.875. The summed E-state index contributed by atoms with van der Waals surface area (Å²) in [6.45, 7) is 0.542. The van der Waals surface area contributed by atoms with Gasteiger partial charge in [-0.15, -0.1) is 0 Å². The topological polar surface area (TPSA) is 32.3 Å². The highest BCUT2D eigenvalue weighted by Crippen LogP contribution is 2.22. The second-order valence-corrected chi connectivity index (χ2v) is 3.34. The van der Waals surface area contributed by atoms with Crippen LogP contribution in [0.25, 0.3) is 0 Å². The molecule has 0 atom stereocenters. The number of alkyl halides is 4. The average Bonchev–Trinajstić information content (AvgIpc) is 2.11. The Balaban J connectivity index is 3.84. The van der Waals surface area contributed by atoms with Gasteiger partial charge in [-0.25, -0.2) is 8.78 Å². The SMILES string of the molecule is CN(C)CCCNC(=O)C(F)(F)C(F)F. The highest BCUT2D eigenvalue weighted by molar-refractivity contribution is 5.83. The van der Waals surface area contributed by atoms with Gasteiger partial charge in [0.25, 0.3) is 5.91 Å². The number of nitrogens with one attached hydrogen (secondary N) is 1. The molecule has 0 unspecified atom stereocenters. The quantitative estimate of drug-likeness (QED) is 0.544. The van der Waals surface area contributed by atoms with Gasteiger partial charge in [-0.05, 0) is 27.1 Å². The fourth-order valence-electron chi connectivity index (χ4n) is 0.814. The molecule has 0 fully saturated rings. The Morgan fingerprint density at radius 1 is 1.40 bits per heavy atom. The Hall–Kier alpha value is -0.850. The van der Waals surface area contributed by atoms with Crippen molar-refractivity contribution in [2.24, 2.45) is 0 Å². The predicted molar refractivity (Wildman–Crippen MR) is 47.1 cm³/mol. The summed E-state index contributed by atoms with van der Waals surface area (Å²) in [5, 5.41) is 1.76. The molecule has 7 heteroatoms. The lowest BCUT2D eigenvalue weighted by atomic mass is 10.3. The molecule has 0 bridgehead atoms. The monoisotopic (exact) mass is 230 g/mol. The van der Waals surface area contributed by atoms with E-state index in [0.717, 1.165) is 0 Å². The first-order valence-electron chi connectivity index (χ1n) is 4.37. The van der Waals surface area contributed by atoms with Gasteiger partial charge in [0.2, 0.25) is 0 Å². The van der Waals surface area contributed by atoms with Crippen molar-refractivity contribution >= 4 is 5.91 Å². The van der Waals surface area contributed by atoms with Crippen LogP contribution in [0.3, 0.4) is 0 Å². The van der Waals surface area contributed by atoms with Crippen LogP contribution in [0, 0.1) is 0 Å². The van der Waals surface area contributed by atoms with Crippen molar-refractivity contribution in [2.75, 3.05) is 27.2 Å². The molecule has 0 aromatic rings.